The SMILES string of the molecule is COc1cc(N)cc2c1[C@H](N)CO2. The Labute approximate surface area is 76.4 Å². The number of fused-ring (bicyclic) bond motifs is 1. The van der Waals surface area contributed by atoms with Gasteiger partial charge >= 0.3 is 0 Å². The first-order valence-electron chi connectivity index (χ1n) is 4.08. The molecule has 0 spiro atoms. The number of benzene rings is 1. The van der Waals surface area contributed by atoms with Crippen LogP contribution in [0, 0.1) is 0 Å². The van der Waals surface area contributed by atoms with E-state index in [2.05, 4.69) is 0 Å². The van der Waals surface area contributed by atoms with Gasteiger partial charge in [-0.3, -0.25) is 0 Å². The molecule has 1 heterocycles. The van der Waals surface area contributed by atoms with Crippen LogP contribution in [0.2, 0.25) is 0 Å². The van der Waals surface area contributed by atoms with Crippen molar-refractivity contribution in [3.05, 3.63) is 17.7 Å². The van der Waals surface area contributed by atoms with Gasteiger partial charge in [-0.25, -0.2) is 0 Å². The molecule has 0 saturated heterocycles. The first kappa shape index (κ1) is 8.19. The van der Waals surface area contributed by atoms with Crippen molar-refractivity contribution in [2.24, 2.45) is 5.73 Å². The molecule has 4 heteroatoms. The van der Waals surface area contributed by atoms with Crippen molar-refractivity contribution in [3.8, 4) is 11.5 Å². The Morgan fingerprint density at radius 1 is 1.54 bits per heavy atom. The van der Waals surface area contributed by atoms with Gasteiger partial charge in [-0.05, 0) is 0 Å². The van der Waals surface area contributed by atoms with Crippen molar-refractivity contribution in [3.63, 3.8) is 0 Å². The summed E-state index contributed by atoms with van der Waals surface area (Å²) in [7, 11) is 1.60. The average Bonchev–Trinajstić information content (AvgIpc) is 2.46. The summed E-state index contributed by atoms with van der Waals surface area (Å²) in [5.41, 5.74) is 13.0. The second-order valence-corrected chi connectivity index (χ2v) is 3.05. The van der Waals surface area contributed by atoms with Crippen molar-refractivity contribution in [2.45, 2.75) is 6.04 Å². The highest BCUT2D eigenvalue weighted by molar-refractivity contribution is 5.59. The average molecular weight is 180 g/mol. The van der Waals surface area contributed by atoms with Crippen LogP contribution in [0.25, 0.3) is 0 Å². The molecule has 1 aromatic rings. The van der Waals surface area contributed by atoms with E-state index in [1.54, 1.807) is 19.2 Å². The second-order valence-electron chi connectivity index (χ2n) is 3.05. The molecule has 0 radical (unpaired) electrons. The van der Waals surface area contributed by atoms with Crippen LogP contribution >= 0.6 is 0 Å². The van der Waals surface area contributed by atoms with Crippen LogP contribution in [-0.2, 0) is 0 Å². The lowest BCUT2D eigenvalue weighted by molar-refractivity contribution is 0.333. The molecular weight excluding hydrogens is 168 g/mol. The topological polar surface area (TPSA) is 70.5 Å². The molecule has 70 valence electrons. The van der Waals surface area contributed by atoms with Crippen LogP contribution < -0.4 is 20.9 Å². The number of nitrogens with two attached hydrogens (primary N) is 2. The number of nitrogen functional groups attached to an aromatic ring is 1. The summed E-state index contributed by atoms with van der Waals surface area (Å²) in [6, 6.07) is 3.42. The van der Waals surface area contributed by atoms with Crippen LogP contribution in [-0.4, -0.2) is 13.7 Å². The third-order valence-electron chi connectivity index (χ3n) is 2.14. The molecule has 1 aromatic carbocycles. The lowest BCUT2D eigenvalue weighted by Crippen LogP contribution is -2.11. The molecule has 0 amide bonds. The molecule has 4 N–H and O–H groups in total. The number of hydrogen-bond donors (Lipinski definition) is 2. The van der Waals surface area contributed by atoms with Crippen molar-refractivity contribution in [2.75, 3.05) is 19.5 Å². The van der Waals surface area contributed by atoms with Gasteiger partial charge < -0.3 is 20.9 Å². The van der Waals surface area contributed by atoms with Gasteiger partial charge in [-0.2, -0.15) is 0 Å². The van der Waals surface area contributed by atoms with Gasteiger partial charge in [0.15, 0.2) is 0 Å². The van der Waals surface area contributed by atoms with Gasteiger partial charge in [0.05, 0.1) is 18.7 Å². The maximum Gasteiger partial charge on any atom is 0.130 e. The van der Waals surface area contributed by atoms with Crippen molar-refractivity contribution in [1.29, 1.82) is 0 Å². The van der Waals surface area contributed by atoms with Gasteiger partial charge in [0.1, 0.15) is 18.1 Å². The van der Waals surface area contributed by atoms with E-state index in [0.717, 1.165) is 11.3 Å². The predicted molar refractivity (Wildman–Crippen MR) is 49.8 cm³/mol. The van der Waals surface area contributed by atoms with E-state index in [1.165, 1.54) is 0 Å². The first-order chi connectivity index (χ1) is 6.22. The third kappa shape index (κ3) is 1.19. The summed E-state index contributed by atoms with van der Waals surface area (Å²) >= 11 is 0. The highest BCUT2D eigenvalue weighted by Crippen LogP contribution is 2.39. The molecule has 0 unspecified atom stereocenters. The molecule has 0 aromatic heterocycles. The number of anilines is 1. The molecule has 13 heavy (non-hydrogen) atoms. The quantitative estimate of drug-likeness (QED) is 0.623. The fraction of sp³-hybridized carbons (Fsp3) is 0.333. The Bertz CT molecular complexity index is 339. The molecule has 1 atom stereocenters. The van der Waals surface area contributed by atoms with Crippen LogP contribution in [0.3, 0.4) is 0 Å². The van der Waals surface area contributed by atoms with E-state index in [4.69, 9.17) is 20.9 Å². The maximum atomic E-state index is 5.83. The Kier molecular flexibility index (Phi) is 1.77. The highest BCUT2D eigenvalue weighted by atomic mass is 16.5. The number of hydrogen-bond acceptors (Lipinski definition) is 4. The summed E-state index contributed by atoms with van der Waals surface area (Å²) in [5.74, 6) is 1.45. The largest absolute Gasteiger partial charge is 0.496 e. The Hall–Kier alpha value is -1.42. The van der Waals surface area contributed by atoms with Crippen molar-refractivity contribution in [1.82, 2.24) is 0 Å². The minimum atomic E-state index is -0.106. The molecule has 0 aliphatic carbocycles. The summed E-state index contributed by atoms with van der Waals surface area (Å²) in [6.07, 6.45) is 0. The van der Waals surface area contributed by atoms with Crippen molar-refractivity contribution < 1.29 is 9.47 Å². The van der Waals surface area contributed by atoms with Gasteiger partial charge in [0.25, 0.3) is 0 Å². The molecule has 1 aliphatic heterocycles. The van der Waals surface area contributed by atoms with E-state index in [0.29, 0.717) is 18.0 Å². The fourth-order valence-electron chi connectivity index (χ4n) is 1.54. The van der Waals surface area contributed by atoms with Crippen LogP contribution in [0.4, 0.5) is 5.69 Å². The van der Waals surface area contributed by atoms with E-state index < -0.39 is 0 Å². The van der Waals surface area contributed by atoms with E-state index in [1.807, 2.05) is 0 Å². The normalized spacial score (nSPS) is 19.4. The van der Waals surface area contributed by atoms with E-state index in [-0.39, 0.29) is 6.04 Å². The zero-order valence-corrected chi connectivity index (χ0v) is 7.41. The molecule has 0 saturated carbocycles. The van der Waals surface area contributed by atoms with E-state index >= 15 is 0 Å². The number of ether oxygens (including phenoxy) is 2. The lowest BCUT2D eigenvalue weighted by Gasteiger charge is -2.08. The Morgan fingerprint density at radius 3 is 3.00 bits per heavy atom. The number of methoxy groups -OCH3 is 1. The zero-order chi connectivity index (χ0) is 9.42. The molecular formula is C9H12N2O2. The zero-order valence-electron chi connectivity index (χ0n) is 7.41. The van der Waals surface area contributed by atoms with Gasteiger partial charge in [0, 0.05) is 17.8 Å². The minimum Gasteiger partial charge on any atom is -0.496 e. The van der Waals surface area contributed by atoms with Gasteiger partial charge in [-0.1, -0.05) is 0 Å². The Morgan fingerprint density at radius 2 is 2.31 bits per heavy atom. The first-order valence-corrected chi connectivity index (χ1v) is 4.08. The Balaban J connectivity index is 2.57. The molecule has 1 aliphatic rings. The number of rotatable bonds is 1. The summed E-state index contributed by atoms with van der Waals surface area (Å²) < 4.78 is 10.5. The van der Waals surface area contributed by atoms with Crippen LogP contribution in [0.5, 0.6) is 11.5 Å². The second kappa shape index (κ2) is 2.81. The van der Waals surface area contributed by atoms with E-state index in [9.17, 15) is 0 Å². The minimum absolute atomic E-state index is 0.106. The lowest BCUT2D eigenvalue weighted by atomic mass is 10.1. The summed E-state index contributed by atoms with van der Waals surface area (Å²) in [6.45, 7) is 0.495. The monoisotopic (exact) mass is 180 g/mol. The molecule has 0 bridgehead atoms. The molecule has 4 nitrogen and oxygen atoms in total. The van der Waals surface area contributed by atoms with Crippen molar-refractivity contribution >= 4 is 5.69 Å². The maximum absolute atomic E-state index is 5.83. The van der Waals surface area contributed by atoms with Gasteiger partial charge in [0.2, 0.25) is 0 Å². The fourth-order valence-corrected chi connectivity index (χ4v) is 1.54. The molecule has 0 fully saturated rings. The van der Waals surface area contributed by atoms with Crippen LogP contribution in [0.15, 0.2) is 12.1 Å². The summed E-state index contributed by atoms with van der Waals surface area (Å²) in [4.78, 5) is 0. The smallest absolute Gasteiger partial charge is 0.130 e. The van der Waals surface area contributed by atoms with Crippen LogP contribution in [0.1, 0.15) is 11.6 Å². The predicted octanol–water partition coefficient (Wildman–Crippen LogP) is 0.670. The summed E-state index contributed by atoms with van der Waals surface area (Å²) in [5, 5.41) is 0. The third-order valence-corrected chi connectivity index (χ3v) is 2.14. The highest BCUT2D eigenvalue weighted by Gasteiger charge is 2.25. The molecule has 2 rings (SSSR count). The van der Waals surface area contributed by atoms with Gasteiger partial charge in [-0.15, -0.1) is 0 Å². The standard InChI is InChI=1S/C9H12N2O2/c1-12-7-2-5(10)3-8-9(7)6(11)4-13-8/h2-3,6H,4,10-11H2,1H3/t6-/m1/s1.